The van der Waals surface area contributed by atoms with E-state index in [1.807, 2.05) is 12.1 Å². The minimum absolute atomic E-state index is 0.0764. The quantitative estimate of drug-likeness (QED) is 0.202. The third-order valence-corrected chi connectivity index (χ3v) is 5.52. The molecule has 0 saturated carbocycles. The largest absolute Gasteiger partial charge is 0.461 e. The summed E-state index contributed by atoms with van der Waals surface area (Å²) in [7, 11) is 0. The molecule has 0 saturated heterocycles. The van der Waals surface area contributed by atoms with Crippen LogP contribution >= 0.6 is 11.8 Å². The molecule has 29 heavy (non-hydrogen) atoms. The molecular weight excluding hydrogens is 386 g/mol. The van der Waals surface area contributed by atoms with Gasteiger partial charge < -0.3 is 9.40 Å². The zero-order chi connectivity index (χ0) is 20.3. The van der Waals surface area contributed by atoms with Crippen molar-refractivity contribution in [3.05, 3.63) is 76.4 Å². The maximum atomic E-state index is 12.2. The molecule has 0 fully saturated rings. The van der Waals surface area contributed by atoms with Gasteiger partial charge in [0.15, 0.2) is 16.7 Å². The van der Waals surface area contributed by atoms with Crippen LogP contribution in [-0.2, 0) is 6.42 Å². The van der Waals surface area contributed by atoms with Crippen molar-refractivity contribution < 1.29 is 9.21 Å². The Balaban J connectivity index is 1.29. The van der Waals surface area contributed by atoms with Gasteiger partial charge in [-0.25, -0.2) is 4.98 Å². The molecule has 0 amide bonds. The number of carbonyl (C=O) groups excluding carboxylic acids is 1. The van der Waals surface area contributed by atoms with Crippen LogP contribution in [0.5, 0.6) is 0 Å². The van der Waals surface area contributed by atoms with Crippen LogP contribution < -0.4 is 5.56 Å². The summed E-state index contributed by atoms with van der Waals surface area (Å²) in [6, 6.07) is 7.25. The first-order valence-electron chi connectivity index (χ1n) is 9.89. The lowest BCUT2D eigenvalue weighted by molar-refractivity contribution is 0.0952. The molecule has 3 aromatic rings. The Morgan fingerprint density at radius 2 is 1.93 bits per heavy atom. The van der Waals surface area contributed by atoms with Crippen molar-refractivity contribution in [3.8, 4) is 0 Å². The summed E-state index contributed by atoms with van der Waals surface area (Å²) in [5.74, 6) is 1.44. The summed E-state index contributed by atoms with van der Waals surface area (Å²) in [5, 5.41) is 0.661. The van der Waals surface area contributed by atoms with Crippen LogP contribution in [0, 0.1) is 0 Å². The highest BCUT2D eigenvalue weighted by Gasteiger charge is 2.08. The van der Waals surface area contributed by atoms with E-state index in [-0.39, 0.29) is 11.3 Å². The number of unbranched alkanes of at least 4 members (excludes halogenated alkanes) is 4. The van der Waals surface area contributed by atoms with Gasteiger partial charge in [-0.15, -0.1) is 0 Å². The van der Waals surface area contributed by atoms with E-state index >= 15 is 0 Å². The van der Waals surface area contributed by atoms with Crippen LogP contribution in [0.4, 0.5) is 0 Å². The Hall–Kier alpha value is -2.67. The number of ketones is 1. The monoisotopic (exact) mass is 411 g/mol. The number of hydrogen-bond acceptors (Lipinski definition) is 6. The molecule has 3 heterocycles. The van der Waals surface area contributed by atoms with Gasteiger partial charge in [0.25, 0.3) is 5.56 Å². The van der Waals surface area contributed by atoms with Gasteiger partial charge in [-0.3, -0.25) is 14.6 Å². The molecule has 152 valence electrons. The summed E-state index contributed by atoms with van der Waals surface area (Å²) >= 11 is 1.57. The third kappa shape index (κ3) is 7.02. The normalized spacial score (nSPS) is 10.9. The molecule has 0 atom stereocenters. The van der Waals surface area contributed by atoms with Crippen molar-refractivity contribution in [2.45, 2.75) is 50.1 Å². The minimum Gasteiger partial charge on any atom is -0.461 e. The number of Topliss-reactive ketones (excluding diaryl/α,β-unsaturated/α-hetero) is 1. The molecule has 1 N–H and O–H groups in total. The lowest BCUT2D eigenvalue weighted by Gasteiger charge is -2.04. The van der Waals surface area contributed by atoms with Gasteiger partial charge in [-0.2, -0.15) is 0 Å². The summed E-state index contributed by atoms with van der Waals surface area (Å²) in [5.41, 5.74) is 1.55. The van der Waals surface area contributed by atoms with E-state index in [4.69, 9.17) is 4.42 Å². The zero-order valence-corrected chi connectivity index (χ0v) is 17.1. The average Bonchev–Trinajstić information content (AvgIpc) is 3.27. The number of pyridine rings is 1. The molecule has 0 spiro atoms. The van der Waals surface area contributed by atoms with Gasteiger partial charge in [0.1, 0.15) is 0 Å². The van der Waals surface area contributed by atoms with E-state index < -0.39 is 0 Å². The maximum Gasteiger partial charge on any atom is 0.255 e. The van der Waals surface area contributed by atoms with E-state index in [1.165, 1.54) is 6.26 Å². The number of aromatic amines is 1. The summed E-state index contributed by atoms with van der Waals surface area (Å²) in [6.45, 7) is 0. The molecule has 3 rings (SSSR count). The maximum absolute atomic E-state index is 12.2. The summed E-state index contributed by atoms with van der Waals surface area (Å²) in [4.78, 5) is 35.3. The fourth-order valence-electron chi connectivity index (χ4n) is 2.97. The van der Waals surface area contributed by atoms with Crippen molar-refractivity contribution in [2.24, 2.45) is 0 Å². The van der Waals surface area contributed by atoms with Crippen LogP contribution in [0.3, 0.4) is 0 Å². The second-order valence-electron chi connectivity index (χ2n) is 6.85. The Bertz CT molecular complexity index is 939. The van der Waals surface area contributed by atoms with Crippen molar-refractivity contribution in [1.82, 2.24) is 15.0 Å². The first-order valence-corrected chi connectivity index (χ1v) is 10.9. The molecule has 0 aliphatic rings. The standard InChI is InChI=1S/C22H25N3O3S/c26-19(20-10-7-12-28-20)9-4-2-1-3-5-13-29-22-24-16-18(21(27)25-22)14-17-8-6-11-23-15-17/h6-8,10-12,15-16H,1-5,9,13-14H2,(H,24,25,27). The number of furan rings is 1. The van der Waals surface area contributed by atoms with Gasteiger partial charge in [-0.05, 0) is 36.6 Å². The Labute approximate surface area is 174 Å². The Morgan fingerprint density at radius 1 is 1.07 bits per heavy atom. The molecule has 6 nitrogen and oxygen atoms in total. The molecule has 0 bridgehead atoms. The molecule has 0 unspecified atom stereocenters. The molecule has 7 heteroatoms. The fourth-order valence-corrected chi connectivity index (χ4v) is 3.81. The Morgan fingerprint density at radius 3 is 2.69 bits per heavy atom. The van der Waals surface area contributed by atoms with Crippen LogP contribution in [0.2, 0.25) is 0 Å². The van der Waals surface area contributed by atoms with Gasteiger partial charge in [0.05, 0.1) is 6.26 Å². The lowest BCUT2D eigenvalue weighted by Crippen LogP contribution is -2.14. The summed E-state index contributed by atoms with van der Waals surface area (Å²) < 4.78 is 5.11. The minimum atomic E-state index is -0.0902. The van der Waals surface area contributed by atoms with Crippen LogP contribution in [0.1, 0.15) is 60.2 Å². The van der Waals surface area contributed by atoms with Crippen molar-refractivity contribution in [3.63, 3.8) is 0 Å². The van der Waals surface area contributed by atoms with E-state index in [2.05, 4.69) is 15.0 Å². The molecule has 0 radical (unpaired) electrons. The van der Waals surface area contributed by atoms with Crippen molar-refractivity contribution in [1.29, 1.82) is 0 Å². The third-order valence-electron chi connectivity index (χ3n) is 4.55. The van der Waals surface area contributed by atoms with E-state index in [0.717, 1.165) is 43.4 Å². The zero-order valence-electron chi connectivity index (χ0n) is 16.3. The number of hydrogen-bond donors (Lipinski definition) is 1. The number of thioether (sulfide) groups is 1. The van der Waals surface area contributed by atoms with Crippen LogP contribution in [-0.4, -0.2) is 26.5 Å². The molecule has 3 aromatic heterocycles. The van der Waals surface area contributed by atoms with Crippen molar-refractivity contribution in [2.75, 3.05) is 5.75 Å². The first-order chi connectivity index (χ1) is 14.2. The van der Waals surface area contributed by atoms with E-state index in [1.54, 1.807) is 42.5 Å². The smallest absolute Gasteiger partial charge is 0.255 e. The van der Waals surface area contributed by atoms with Crippen molar-refractivity contribution >= 4 is 17.5 Å². The predicted octanol–water partition coefficient (Wildman–Crippen LogP) is 4.66. The van der Waals surface area contributed by atoms with E-state index in [0.29, 0.717) is 29.3 Å². The number of nitrogens with zero attached hydrogens (tertiary/aromatic N) is 2. The van der Waals surface area contributed by atoms with Gasteiger partial charge in [-0.1, -0.05) is 37.1 Å². The van der Waals surface area contributed by atoms with E-state index in [9.17, 15) is 9.59 Å². The number of aromatic nitrogens is 3. The highest BCUT2D eigenvalue weighted by atomic mass is 32.2. The summed E-state index contributed by atoms with van der Waals surface area (Å²) in [6.07, 6.45) is 12.9. The Kier molecular flexibility index (Phi) is 8.25. The second kappa shape index (κ2) is 11.4. The highest BCUT2D eigenvalue weighted by molar-refractivity contribution is 7.99. The lowest BCUT2D eigenvalue weighted by atomic mass is 10.1. The fraction of sp³-hybridized carbons (Fsp3) is 0.364. The average molecular weight is 412 g/mol. The topological polar surface area (TPSA) is 88.9 Å². The van der Waals surface area contributed by atoms with Gasteiger partial charge in [0.2, 0.25) is 0 Å². The molecular formula is C22H25N3O3S. The number of rotatable bonds is 12. The number of nitrogens with one attached hydrogen (secondary N) is 1. The first kappa shape index (κ1) is 21.0. The number of carbonyl (C=O) groups is 1. The second-order valence-corrected chi connectivity index (χ2v) is 7.93. The van der Waals surface area contributed by atoms with Gasteiger partial charge >= 0.3 is 0 Å². The molecule has 0 aliphatic carbocycles. The SMILES string of the molecule is O=C(CCCCCCCSc1ncc(Cc2cccnc2)c(=O)[nH]1)c1ccco1. The highest BCUT2D eigenvalue weighted by Crippen LogP contribution is 2.16. The number of H-pyrrole nitrogens is 1. The molecule has 0 aliphatic heterocycles. The van der Waals surface area contributed by atoms with Crippen LogP contribution in [0.15, 0.2) is 63.5 Å². The molecule has 0 aromatic carbocycles. The predicted molar refractivity (Wildman–Crippen MR) is 113 cm³/mol. The van der Waals surface area contributed by atoms with Gasteiger partial charge in [0, 0.05) is 42.7 Å². The van der Waals surface area contributed by atoms with Crippen LogP contribution in [0.25, 0.3) is 0 Å².